The van der Waals surface area contributed by atoms with Gasteiger partial charge in [-0.25, -0.2) is 0 Å². The summed E-state index contributed by atoms with van der Waals surface area (Å²) in [5.74, 6) is 0. The van der Waals surface area contributed by atoms with Crippen molar-refractivity contribution in [1.82, 2.24) is 4.98 Å². The zero-order valence-corrected chi connectivity index (χ0v) is 20.4. The van der Waals surface area contributed by atoms with E-state index in [1.165, 1.54) is 16.0 Å². The minimum atomic E-state index is 0.201. The Hall–Kier alpha value is -3.21. The average molecular weight is 454 g/mol. The predicted octanol–water partition coefficient (Wildman–Crippen LogP) is 2.53. The molecule has 1 aliphatic rings. The van der Waals surface area contributed by atoms with Gasteiger partial charge in [-0.15, -0.1) is 0 Å². The highest BCUT2D eigenvalue weighted by Gasteiger charge is 2.32. The SMILES string of the molecule is Cc1cc(C)c2[nH]c(C)c(C[NH+]3CC[NH+](C(c4ccccc4)c4ccccc4)CC3)c(=O)c2c1. The lowest BCUT2D eigenvalue weighted by Gasteiger charge is -2.35. The van der Waals surface area contributed by atoms with Crippen molar-refractivity contribution >= 4 is 10.9 Å². The number of piperazine rings is 1. The maximum Gasteiger partial charge on any atom is 0.198 e. The molecule has 0 radical (unpaired) electrons. The van der Waals surface area contributed by atoms with Crippen molar-refractivity contribution in [1.29, 1.82) is 0 Å². The Morgan fingerprint density at radius 2 is 1.41 bits per heavy atom. The van der Waals surface area contributed by atoms with Crippen molar-refractivity contribution in [3.05, 3.63) is 117 Å². The second-order valence-corrected chi connectivity index (χ2v) is 9.90. The fraction of sp³-hybridized carbons (Fsp3) is 0.300. The second-order valence-electron chi connectivity index (χ2n) is 9.90. The lowest BCUT2D eigenvalue weighted by atomic mass is 9.96. The standard InChI is InChI=1S/C30H33N3O/c1-21-18-22(2)28-26(19-21)30(34)27(23(3)31-28)20-32-14-16-33(17-15-32)29(24-10-6-4-7-11-24)25-12-8-5-9-13-25/h4-13,18-19,29H,14-17,20H2,1-3H3,(H,31,34)/p+2. The van der Waals surface area contributed by atoms with E-state index in [2.05, 4.69) is 92.5 Å². The monoisotopic (exact) mass is 453 g/mol. The third-order valence-corrected chi connectivity index (χ3v) is 7.46. The third-order valence-electron chi connectivity index (χ3n) is 7.46. The quantitative estimate of drug-likeness (QED) is 0.427. The van der Waals surface area contributed by atoms with E-state index in [1.54, 1.807) is 4.90 Å². The van der Waals surface area contributed by atoms with E-state index in [9.17, 15) is 4.79 Å². The van der Waals surface area contributed by atoms with E-state index in [-0.39, 0.29) is 5.43 Å². The van der Waals surface area contributed by atoms with Crippen molar-refractivity contribution in [3.8, 4) is 0 Å². The fourth-order valence-corrected chi connectivity index (χ4v) is 5.72. The molecule has 0 saturated carbocycles. The number of quaternary nitrogens is 2. The number of rotatable bonds is 5. The summed E-state index contributed by atoms with van der Waals surface area (Å²) in [7, 11) is 0. The Bertz CT molecular complexity index is 1300. The molecule has 4 heteroatoms. The van der Waals surface area contributed by atoms with Crippen LogP contribution < -0.4 is 15.2 Å². The van der Waals surface area contributed by atoms with Gasteiger partial charge < -0.3 is 14.8 Å². The molecule has 1 saturated heterocycles. The second kappa shape index (κ2) is 9.57. The Kier molecular flexibility index (Phi) is 6.36. The molecule has 1 fully saturated rings. The van der Waals surface area contributed by atoms with Crippen LogP contribution in [0.3, 0.4) is 0 Å². The first-order valence-corrected chi connectivity index (χ1v) is 12.4. The smallest absolute Gasteiger partial charge is 0.198 e. The number of aryl methyl sites for hydroxylation is 3. The maximum atomic E-state index is 13.4. The number of aromatic nitrogens is 1. The number of H-pyrrole nitrogens is 1. The van der Waals surface area contributed by atoms with Gasteiger partial charge in [-0.2, -0.15) is 0 Å². The molecule has 1 aliphatic heterocycles. The van der Waals surface area contributed by atoms with E-state index >= 15 is 0 Å². The van der Waals surface area contributed by atoms with Gasteiger partial charge in [-0.3, -0.25) is 4.79 Å². The first-order chi connectivity index (χ1) is 16.5. The number of pyridine rings is 1. The highest BCUT2D eigenvalue weighted by Crippen LogP contribution is 2.19. The van der Waals surface area contributed by atoms with Crippen LogP contribution in [0.1, 0.15) is 39.6 Å². The van der Waals surface area contributed by atoms with Gasteiger partial charge in [0.2, 0.25) is 0 Å². The minimum absolute atomic E-state index is 0.201. The molecule has 0 bridgehead atoms. The summed E-state index contributed by atoms with van der Waals surface area (Å²) < 4.78 is 0. The van der Waals surface area contributed by atoms with Crippen LogP contribution in [0.5, 0.6) is 0 Å². The van der Waals surface area contributed by atoms with Crippen LogP contribution in [0.4, 0.5) is 0 Å². The summed E-state index contributed by atoms with van der Waals surface area (Å²) >= 11 is 0. The van der Waals surface area contributed by atoms with E-state index in [0.29, 0.717) is 6.04 Å². The molecule has 4 nitrogen and oxygen atoms in total. The Balaban J connectivity index is 1.36. The molecule has 34 heavy (non-hydrogen) atoms. The lowest BCUT2D eigenvalue weighted by molar-refractivity contribution is -1.03. The molecular formula is C30H35N3O+2. The first-order valence-electron chi connectivity index (χ1n) is 12.4. The van der Waals surface area contributed by atoms with Crippen LogP contribution in [-0.2, 0) is 6.54 Å². The van der Waals surface area contributed by atoms with Crippen LogP contribution >= 0.6 is 0 Å². The number of hydrogen-bond acceptors (Lipinski definition) is 1. The van der Waals surface area contributed by atoms with E-state index in [4.69, 9.17) is 0 Å². The first kappa shape index (κ1) is 22.6. The van der Waals surface area contributed by atoms with Crippen molar-refractivity contribution in [3.63, 3.8) is 0 Å². The summed E-state index contributed by atoms with van der Waals surface area (Å²) in [5.41, 5.74) is 8.17. The van der Waals surface area contributed by atoms with Crippen LogP contribution in [0.2, 0.25) is 0 Å². The van der Waals surface area contributed by atoms with Gasteiger partial charge in [0, 0.05) is 22.2 Å². The fourth-order valence-electron chi connectivity index (χ4n) is 5.72. The van der Waals surface area contributed by atoms with Gasteiger partial charge in [-0.1, -0.05) is 66.7 Å². The van der Waals surface area contributed by atoms with Gasteiger partial charge in [0.15, 0.2) is 5.43 Å². The summed E-state index contributed by atoms with van der Waals surface area (Å²) in [5, 5.41) is 0.829. The zero-order valence-electron chi connectivity index (χ0n) is 20.4. The molecule has 0 spiro atoms. The largest absolute Gasteiger partial charge is 0.358 e. The molecule has 3 aromatic carbocycles. The zero-order chi connectivity index (χ0) is 23.7. The van der Waals surface area contributed by atoms with E-state index < -0.39 is 0 Å². The topological polar surface area (TPSA) is 41.7 Å². The molecule has 0 aliphatic carbocycles. The molecule has 0 unspecified atom stereocenters. The third kappa shape index (κ3) is 4.44. The van der Waals surface area contributed by atoms with Gasteiger partial charge in [0.25, 0.3) is 0 Å². The molecular weight excluding hydrogens is 418 g/mol. The molecule has 3 N–H and O–H groups in total. The molecule has 4 aromatic rings. The Morgan fingerprint density at radius 1 is 0.824 bits per heavy atom. The van der Waals surface area contributed by atoms with Gasteiger partial charge in [0.1, 0.15) is 38.8 Å². The number of aromatic amines is 1. The van der Waals surface area contributed by atoms with Crippen molar-refractivity contribution in [2.24, 2.45) is 0 Å². The minimum Gasteiger partial charge on any atom is -0.358 e. The van der Waals surface area contributed by atoms with Crippen LogP contribution in [-0.4, -0.2) is 31.2 Å². The lowest BCUT2D eigenvalue weighted by Crippen LogP contribution is -3.27. The van der Waals surface area contributed by atoms with Crippen molar-refractivity contribution < 1.29 is 9.80 Å². The molecule has 0 amide bonds. The van der Waals surface area contributed by atoms with E-state index in [0.717, 1.165) is 66.0 Å². The van der Waals surface area contributed by atoms with Crippen LogP contribution in [0, 0.1) is 20.8 Å². The summed E-state index contributed by atoms with van der Waals surface area (Å²) in [6.07, 6.45) is 0. The average Bonchev–Trinajstić information content (AvgIpc) is 2.85. The van der Waals surface area contributed by atoms with Gasteiger partial charge in [-0.05, 0) is 38.0 Å². The number of benzene rings is 3. The normalized spacial score (nSPS) is 18.5. The summed E-state index contributed by atoms with van der Waals surface area (Å²) in [6.45, 7) is 11.3. The van der Waals surface area contributed by atoms with Crippen molar-refractivity contribution in [2.75, 3.05) is 26.2 Å². The summed E-state index contributed by atoms with van der Waals surface area (Å²) in [6, 6.07) is 26.3. The maximum absolute atomic E-state index is 13.4. The van der Waals surface area contributed by atoms with Crippen LogP contribution in [0.25, 0.3) is 10.9 Å². The number of hydrogen-bond donors (Lipinski definition) is 3. The predicted molar refractivity (Wildman–Crippen MR) is 139 cm³/mol. The highest BCUT2D eigenvalue weighted by molar-refractivity contribution is 5.83. The number of fused-ring (bicyclic) bond motifs is 1. The highest BCUT2D eigenvalue weighted by atomic mass is 16.1. The molecule has 174 valence electrons. The van der Waals surface area contributed by atoms with E-state index in [1.807, 2.05) is 6.07 Å². The molecule has 0 atom stereocenters. The van der Waals surface area contributed by atoms with Gasteiger partial charge in [0.05, 0.1) is 11.1 Å². The van der Waals surface area contributed by atoms with Crippen molar-refractivity contribution in [2.45, 2.75) is 33.4 Å². The molecule has 1 aromatic heterocycles. The molecule has 5 rings (SSSR count). The summed E-state index contributed by atoms with van der Waals surface area (Å²) in [4.78, 5) is 20.1. The Labute approximate surface area is 201 Å². The Morgan fingerprint density at radius 3 is 2.00 bits per heavy atom. The molecule has 2 heterocycles. The number of nitrogens with one attached hydrogen (secondary N) is 3. The van der Waals surface area contributed by atoms with Crippen LogP contribution in [0.15, 0.2) is 77.6 Å². The van der Waals surface area contributed by atoms with Gasteiger partial charge >= 0.3 is 0 Å².